The Morgan fingerprint density at radius 3 is 2.20 bits per heavy atom. The van der Waals surface area contributed by atoms with Gasteiger partial charge in [-0.15, -0.1) is 0 Å². The number of benzene rings is 1. The predicted octanol–water partition coefficient (Wildman–Crippen LogP) is 6.89. The molecule has 3 aromatic rings. The van der Waals surface area contributed by atoms with E-state index in [1.54, 1.807) is 0 Å². The van der Waals surface area contributed by atoms with E-state index in [1.807, 2.05) is 13.0 Å². The van der Waals surface area contributed by atoms with Gasteiger partial charge in [0.15, 0.2) is 5.69 Å². The summed E-state index contributed by atoms with van der Waals surface area (Å²) in [4.78, 5) is 16.0. The molecule has 1 aromatic carbocycles. The number of methoxy groups -OCH3 is 1. The lowest BCUT2D eigenvalue weighted by atomic mass is 9.79. The Morgan fingerprint density at radius 2 is 1.63 bits per heavy atom. The first-order valence-corrected chi connectivity index (χ1v) is 16.0. The van der Waals surface area contributed by atoms with Gasteiger partial charge in [-0.25, -0.2) is 22.9 Å². The third kappa shape index (κ3) is 7.12. The van der Waals surface area contributed by atoms with Crippen LogP contribution in [-0.4, -0.2) is 31.0 Å². The number of aromatic nitrogens is 2. The van der Waals surface area contributed by atoms with Crippen LogP contribution in [0, 0.1) is 12.8 Å². The van der Waals surface area contributed by atoms with E-state index in [4.69, 9.17) is 4.42 Å². The van der Waals surface area contributed by atoms with E-state index in [2.05, 4.69) is 78.8 Å². The molecule has 1 aliphatic carbocycles. The zero-order chi connectivity index (χ0) is 30.2. The van der Waals surface area contributed by atoms with Crippen LogP contribution in [0.5, 0.6) is 0 Å². The number of carbonyl (C=O) groups is 1. The van der Waals surface area contributed by atoms with Crippen molar-refractivity contribution in [2.24, 2.45) is 5.92 Å². The Kier molecular flexibility index (Phi) is 8.90. The zero-order valence-corrected chi connectivity index (χ0v) is 26.6. The minimum atomic E-state index is -3.92. The van der Waals surface area contributed by atoms with Crippen LogP contribution in [0.25, 0.3) is 11.3 Å². The van der Waals surface area contributed by atoms with Crippen molar-refractivity contribution in [2.75, 3.05) is 7.11 Å². The normalized spacial score (nSPS) is 15.3. The van der Waals surface area contributed by atoms with Crippen LogP contribution in [0.2, 0.25) is 0 Å². The minimum Gasteiger partial charge on any atom is -0.464 e. The second-order valence-corrected chi connectivity index (χ2v) is 15.1. The van der Waals surface area contributed by atoms with E-state index in [0.717, 1.165) is 36.9 Å². The molecule has 2 heterocycles. The topological polar surface area (TPSA) is 103 Å². The molecule has 0 unspecified atom stereocenters. The molecule has 0 aliphatic heterocycles. The maximum absolute atomic E-state index is 13.7. The summed E-state index contributed by atoms with van der Waals surface area (Å²) in [5, 5.41) is 0. The van der Waals surface area contributed by atoms with Crippen LogP contribution < -0.4 is 4.72 Å². The lowest BCUT2D eigenvalue weighted by molar-refractivity contribution is 0.0594. The highest BCUT2D eigenvalue weighted by molar-refractivity contribution is 7.89. The fraction of sp³-hybridized carbons (Fsp3) is 0.562. The number of ether oxygens (including phenoxy) is 1. The van der Waals surface area contributed by atoms with Crippen LogP contribution in [0.1, 0.15) is 107 Å². The molecule has 1 fully saturated rings. The van der Waals surface area contributed by atoms with Crippen molar-refractivity contribution in [3.63, 3.8) is 0 Å². The second-order valence-electron chi connectivity index (χ2n) is 13.3. The fourth-order valence-corrected chi connectivity index (χ4v) is 6.70. The monoisotopic (exact) mass is 583 g/mol. The van der Waals surface area contributed by atoms with E-state index >= 15 is 0 Å². The molecule has 4 rings (SSSR count). The standard InChI is InChI=1S/C32H45N3O5S/c1-21-28(41(37,38)33-18-29-34-26(20-40-29)30(36)39-8)17-27(35(21)19-22-12-10-9-11-13-22)23-14-24(31(2,3)4)16-25(15-23)32(5,6)7/h14-17,20,22,33H,9-13,18-19H2,1-8H3. The summed E-state index contributed by atoms with van der Waals surface area (Å²) in [6.45, 7) is 15.7. The highest BCUT2D eigenvalue weighted by Crippen LogP contribution is 2.37. The molecule has 2 aromatic heterocycles. The van der Waals surface area contributed by atoms with E-state index in [1.165, 1.54) is 37.5 Å². The summed E-state index contributed by atoms with van der Waals surface area (Å²) < 4.78 is 42.1. The largest absolute Gasteiger partial charge is 0.464 e. The van der Waals surface area contributed by atoms with Crippen LogP contribution in [0.3, 0.4) is 0 Å². The number of nitrogens with one attached hydrogen (secondary N) is 1. The average Bonchev–Trinajstić information content (AvgIpc) is 3.52. The fourth-order valence-electron chi connectivity index (χ4n) is 5.46. The molecule has 0 spiro atoms. The van der Waals surface area contributed by atoms with Crippen molar-refractivity contribution in [2.45, 2.75) is 109 Å². The van der Waals surface area contributed by atoms with Crippen molar-refractivity contribution in [1.29, 1.82) is 0 Å². The highest BCUT2D eigenvalue weighted by Gasteiger charge is 2.28. The molecule has 1 aliphatic rings. The zero-order valence-electron chi connectivity index (χ0n) is 25.8. The van der Waals surface area contributed by atoms with E-state index in [0.29, 0.717) is 11.6 Å². The molecule has 0 atom stereocenters. The van der Waals surface area contributed by atoms with Crippen molar-refractivity contribution in [1.82, 2.24) is 14.3 Å². The molecule has 224 valence electrons. The van der Waals surface area contributed by atoms with E-state index < -0.39 is 16.0 Å². The Hall–Kier alpha value is -2.91. The van der Waals surface area contributed by atoms with Crippen molar-refractivity contribution < 1.29 is 22.4 Å². The van der Waals surface area contributed by atoms with Crippen molar-refractivity contribution >= 4 is 16.0 Å². The summed E-state index contributed by atoms with van der Waals surface area (Å²) in [7, 11) is -2.67. The molecular weight excluding hydrogens is 538 g/mol. The third-order valence-corrected chi connectivity index (χ3v) is 9.61. The summed E-state index contributed by atoms with van der Waals surface area (Å²) in [5.41, 5.74) is 4.94. The first kappa shape index (κ1) is 31.0. The maximum Gasteiger partial charge on any atom is 0.360 e. The molecular formula is C32H45N3O5S. The lowest BCUT2D eigenvalue weighted by Crippen LogP contribution is -2.24. The summed E-state index contributed by atoms with van der Waals surface area (Å²) >= 11 is 0. The van der Waals surface area contributed by atoms with Gasteiger partial charge in [0, 0.05) is 17.9 Å². The Balaban J connectivity index is 1.78. The summed E-state index contributed by atoms with van der Waals surface area (Å²) in [6.07, 6.45) is 7.15. The number of carbonyl (C=O) groups excluding carboxylic acids is 1. The second kappa shape index (κ2) is 11.8. The van der Waals surface area contributed by atoms with E-state index in [-0.39, 0.29) is 33.9 Å². The first-order chi connectivity index (χ1) is 19.1. The quantitative estimate of drug-likeness (QED) is 0.290. The van der Waals surface area contributed by atoms with Crippen LogP contribution >= 0.6 is 0 Å². The molecule has 0 bridgehead atoms. The first-order valence-electron chi connectivity index (χ1n) is 14.5. The van der Waals surface area contributed by atoms with Gasteiger partial charge in [0.05, 0.1) is 13.7 Å². The average molecular weight is 584 g/mol. The van der Waals surface area contributed by atoms with Crippen LogP contribution in [0.15, 0.2) is 39.8 Å². The predicted molar refractivity (Wildman–Crippen MR) is 160 cm³/mol. The Labute approximate surface area is 244 Å². The lowest BCUT2D eigenvalue weighted by Gasteiger charge is -2.27. The minimum absolute atomic E-state index is 0.00724. The molecule has 9 heteroatoms. The van der Waals surface area contributed by atoms with Gasteiger partial charge in [-0.1, -0.05) is 66.9 Å². The van der Waals surface area contributed by atoms with Gasteiger partial charge < -0.3 is 13.7 Å². The Morgan fingerprint density at radius 1 is 1.02 bits per heavy atom. The van der Waals surface area contributed by atoms with Gasteiger partial charge in [-0.2, -0.15) is 0 Å². The van der Waals surface area contributed by atoms with Gasteiger partial charge in [-0.3, -0.25) is 0 Å². The van der Waals surface area contributed by atoms with Crippen molar-refractivity contribution in [3.8, 4) is 11.3 Å². The number of sulfonamides is 1. The third-order valence-electron chi connectivity index (χ3n) is 8.10. The van der Waals surface area contributed by atoms with Gasteiger partial charge >= 0.3 is 5.97 Å². The SMILES string of the molecule is COC(=O)c1coc(CNS(=O)(=O)c2cc(-c3cc(C(C)(C)C)cc(C(C)(C)C)c3)n(CC3CCCCC3)c2C)n1. The van der Waals surface area contributed by atoms with E-state index in [9.17, 15) is 13.2 Å². The molecule has 8 nitrogen and oxygen atoms in total. The van der Waals surface area contributed by atoms with Gasteiger partial charge in [0.25, 0.3) is 0 Å². The highest BCUT2D eigenvalue weighted by atomic mass is 32.2. The molecule has 41 heavy (non-hydrogen) atoms. The molecule has 1 saturated carbocycles. The number of hydrogen-bond donors (Lipinski definition) is 1. The number of oxazole rings is 1. The number of esters is 1. The molecule has 0 radical (unpaired) electrons. The molecule has 0 amide bonds. The van der Waals surface area contributed by atoms with Gasteiger partial charge in [0.1, 0.15) is 11.2 Å². The van der Waals surface area contributed by atoms with Crippen molar-refractivity contribution in [3.05, 3.63) is 58.9 Å². The number of nitrogens with zero attached hydrogens (tertiary/aromatic N) is 2. The summed E-state index contributed by atoms with van der Waals surface area (Å²) in [5.74, 6) is -0.0505. The smallest absolute Gasteiger partial charge is 0.360 e. The number of hydrogen-bond acceptors (Lipinski definition) is 6. The Bertz CT molecular complexity index is 1460. The van der Waals surface area contributed by atoms with Crippen LogP contribution in [-0.2, 0) is 38.7 Å². The molecule has 0 saturated heterocycles. The van der Waals surface area contributed by atoms with Crippen LogP contribution in [0.4, 0.5) is 0 Å². The number of rotatable bonds is 8. The molecule has 1 N–H and O–H groups in total. The summed E-state index contributed by atoms with van der Waals surface area (Å²) in [6, 6.07) is 8.52. The maximum atomic E-state index is 13.7. The van der Waals surface area contributed by atoms with Gasteiger partial charge in [0.2, 0.25) is 15.9 Å². The van der Waals surface area contributed by atoms with Gasteiger partial charge in [-0.05, 0) is 71.4 Å².